The number of nitrogens with zero attached hydrogens (tertiary/aromatic N) is 3. The number of H-pyrrole nitrogens is 1. The van der Waals surface area contributed by atoms with Crippen LogP contribution in [0.15, 0.2) is 9.95 Å². The summed E-state index contributed by atoms with van der Waals surface area (Å²) >= 11 is 2.70. The number of carbonyl (C=O) groups excluding carboxylic acids is 1. The van der Waals surface area contributed by atoms with Crippen LogP contribution in [-0.4, -0.2) is 40.1 Å². The molecule has 0 spiro atoms. The van der Waals surface area contributed by atoms with Gasteiger partial charge in [0, 0.05) is 25.1 Å². The smallest absolute Gasteiger partial charge is 0.343 e. The number of ether oxygens (including phenoxy) is 1. The van der Waals surface area contributed by atoms with Gasteiger partial charge in [-0.15, -0.1) is 16.4 Å². The minimum Gasteiger partial charge on any atom is -0.385 e. The van der Waals surface area contributed by atoms with Gasteiger partial charge in [0.25, 0.3) is 0 Å². The molecule has 28 heavy (non-hydrogen) atoms. The van der Waals surface area contributed by atoms with E-state index in [9.17, 15) is 14.9 Å². The third-order valence-electron chi connectivity index (χ3n) is 4.66. The zero-order valence-electron chi connectivity index (χ0n) is 15.9. The van der Waals surface area contributed by atoms with Crippen molar-refractivity contribution in [2.75, 3.05) is 24.8 Å². The summed E-state index contributed by atoms with van der Waals surface area (Å²) in [5, 5.41) is 19.9. The van der Waals surface area contributed by atoms with Gasteiger partial charge >= 0.3 is 5.69 Å². The fourth-order valence-electron chi connectivity index (χ4n) is 3.23. The quantitative estimate of drug-likeness (QED) is 0.500. The first-order valence-corrected chi connectivity index (χ1v) is 10.9. The summed E-state index contributed by atoms with van der Waals surface area (Å²) in [6.45, 7) is 3.22. The molecule has 1 aliphatic rings. The second-order valence-electron chi connectivity index (χ2n) is 6.81. The van der Waals surface area contributed by atoms with Gasteiger partial charge in [0.15, 0.2) is 5.16 Å². The van der Waals surface area contributed by atoms with E-state index in [4.69, 9.17) is 4.74 Å². The summed E-state index contributed by atoms with van der Waals surface area (Å²) in [5.41, 5.74) is 1.39. The van der Waals surface area contributed by atoms with E-state index in [0.29, 0.717) is 41.2 Å². The number of nitriles is 1. The number of thiophene rings is 1. The van der Waals surface area contributed by atoms with E-state index >= 15 is 0 Å². The highest BCUT2D eigenvalue weighted by Gasteiger charge is 2.24. The van der Waals surface area contributed by atoms with Gasteiger partial charge in [0.1, 0.15) is 11.1 Å². The molecule has 10 heteroatoms. The molecule has 0 aromatic carbocycles. The van der Waals surface area contributed by atoms with Crippen molar-refractivity contribution < 1.29 is 9.53 Å². The van der Waals surface area contributed by atoms with Crippen molar-refractivity contribution in [2.24, 2.45) is 5.92 Å². The zero-order chi connectivity index (χ0) is 20.1. The Morgan fingerprint density at radius 3 is 3.14 bits per heavy atom. The number of aromatic nitrogens is 3. The number of nitrogens with one attached hydrogen (secondary N) is 2. The van der Waals surface area contributed by atoms with E-state index < -0.39 is 0 Å². The highest BCUT2D eigenvalue weighted by molar-refractivity contribution is 7.99. The van der Waals surface area contributed by atoms with Gasteiger partial charge in [-0.2, -0.15) is 5.26 Å². The first-order valence-electron chi connectivity index (χ1n) is 9.14. The molecule has 0 aliphatic heterocycles. The minimum atomic E-state index is -0.300. The van der Waals surface area contributed by atoms with Crippen LogP contribution in [0.1, 0.15) is 35.8 Å². The lowest BCUT2D eigenvalue weighted by Crippen LogP contribution is -2.19. The Balaban J connectivity index is 1.63. The van der Waals surface area contributed by atoms with Gasteiger partial charge in [-0.1, -0.05) is 18.7 Å². The van der Waals surface area contributed by atoms with Crippen LogP contribution in [0.5, 0.6) is 0 Å². The van der Waals surface area contributed by atoms with Crippen LogP contribution < -0.4 is 11.0 Å². The number of amides is 1. The molecule has 1 aliphatic carbocycles. The average Bonchev–Trinajstić information content (AvgIpc) is 3.19. The Morgan fingerprint density at radius 2 is 2.39 bits per heavy atom. The maximum Gasteiger partial charge on any atom is 0.343 e. The molecule has 8 nitrogen and oxygen atoms in total. The standard InChI is InChI=1S/C18H23N5O3S2/c1-11-4-5-12-13(9-19)16(28-14(12)8-11)20-15(24)10-27-18-22-21-17(25)23(18)6-3-7-26-2/h11H,3-8,10H2,1-2H3,(H,20,24)(H,21,25)/t11-/m1/s1. The number of thioether (sulfide) groups is 1. The largest absolute Gasteiger partial charge is 0.385 e. The molecule has 0 radical (unpaired) electrons. The number of hydrogen-bond acceptors (Lipinski definition) is 7. The molecule has 1 amide bonds. The SMILES string of the molecule is COCCCn1c(SCC(=O)Nc2sc3c(c2C#N)CC[C@@H](C)C3)n[nH]c1=O. The average molecular weight is 422 g/mol. The maximum atomic E-state index is 12.4. The number of carbonyl (C=O) groups is 1. The lowest BCUT2D eigenvalue weighted by molar-refractivity contribution is -0.113. The third-order valence-corrected chi connectivity index (χ3v) is 6.81. The van der Waals surface area contributed by atoms with Crippen LogP contribution >= 0.6 is 23.1 Å². The summed E-state index contributed by atoms with van der Waals surface area (Å²) in [6, 6.07) is 2.25. The van der Waals surface area contributed by atoms with Crippen molar-refractivity contribution >= 4 is 34.0 Å². The Labute approximate surface area is 171 Å². The molecule has 2 aromatic rings. The Bertz CT molecular complexity index is 940. The number of fused-ring (bicyclic) bond motifs is 1. The molecule has 150 valence electrons. The van der Waals surface area contributed by atoms with E-state index in [1.54, 1.807) is 7.11 Å². The van der Waals surface area contributed by atoms with Gasteiger partial charge in [0.2, 0.25) is 5.91 Å². The summed E-state index contributed by atoms with van der Waals surface area (Å²) in [6.07, 6.45) is 3.60. The number of anilines is 1. The van der Waals surface area contributed by atoms with Crippen molar-refractivity contribution in [1.82, 2.24) is 14.8 Å². The highest BCUT2D eigenvalue weighted by atomic mass is 32.2. The van der Waals surface area contributed by atoms with Gasteiger partial charge in [0.05, 0.1) is 11.3 Å². The van der Waals surface area contributed by atoms with Crippen LogP contribution in [-0.2, 0) is 28.9 Å². The molecular formula is C18H23N5O3S2. The second-order valence-corrected chi connectivity index (χ2v) is 8.86. The molecule has 1 atom stereocenters. The van der Waals surface area contributed by atoms with E-state index in [2.05, 4.69) is 28.5 Å². The Hall–Kier alpha value is -2.09. The van der Waals surface area contributed by atoms with Crippen LogP contribution in [0.25, 0.3) is 0 Å². The summed E-state index contributed by atoms with van der Waals surface area (Å²) in [5.74, 6) is 0.497. The maximum absolute atomic E-state index is 12.4. The highest BCUT2D eigenvalue weighted by Crippen LogP contribution is 2.39. The number of aromatic amines is 1. The third kappa shape index (κ3) is 4.66. The predicted molar refractivity (Wildman–Crippen MR) is 109 cm³/mol. The van der Waals surface area contributed by atoms with E-state index in [1.165, 1.54) is 32.5 Å². The van der Waals surface area contributed by atoms with E-state index in [0.717, 1.165) is 24.8 Å². The predicted octanol–water partition coefficient (Wildman–Crippen LogP) is 2.40. The monoisotopic (exact) mass is 421 g/mol. The fraction of sp³-hybridized carbons (Fsp3) is 0.556. The van der Waals surface area contributed by atoms with Crippen LogP contribution in [0.2, 0.25) is 0 Å². The molecule has 0 fully saturated rings. The second kappa shape index (κ2) is 9.41. The summed E-state index contributed by atoms with van der Waals surface area (Å²) in [4.78, 5) is 25.5. The molecule has 2 heterocycles. The topological polar surface area (TPSA) is 113 Å². The first-order chi connectivity index (χ1) is 13.5. The van der Waals surface area contributed by atoms with Crippen molar-refractivity contribution in [3.63, 3.8) is 0 Å². The summed E-state index contributed by atoms with van der Waals surface area (Å²) < 4.78 is 6.51. The van der Waals surface area contributed by atoms with Gasteiger partial charge in [-0.05, 0) is 37.2 Å². The molecular weight excluding hydrogens is 398 g/mol. The van der Waals surface area contributed by atoms with Crippen LogP contribution in [0, 0.1) is 17.2 Å². The van der Waals surface area contributed by atoms with Crippen LogP contribution in [0.3, 0.4) is 0 Å². The summed E-state index contributed by atoms with van der Waals surface area (Å²) in [7, 11) is 1.61. The van der Waals surface area contributed by atoms with Crippen LogP contribution in [0.4, 0.5) is 5.00 Å². The van der Waals surface area contributed by atoms with Crippen molar-refractivity contribution in [1.29, 1.82) is 5.26 Å². The van der Waals surface area contributed by atoms with Crippen molar-refractivity contribution in [3.8, 4) is 6.07 Å². The van der Waals surface area contributed by atoms with Gasteiger partial charge in [-0.3, -0.25) is 9.36 Å². The number of methoxy groups -OCH3 is 1. The van der Waals surface area contributed by atoms with E-state index in [1.807, 2.05) is 0 Å². The molecule has 0 unspecified atom stereocenters. The van der Waals surface area contributed by atoms with Crippen molar-refractivity contribution in [3.05, 3.63) is 26.5 Å². The number of hydrogen-bond donors (Lipinski definition) is 2. The molecule has 0 bridgehead atoms. The normalized spacial score (nSPS) is 15.8. The number of rotatable bonds is 8. The Kier molecular flexibility index (Phi) is 6.93. The van der Waals surface area contributed by atoms with E-state index in [-0.39, 0.29) is 17.3 Å². The lowest BCUT2D eigenvalue weighted by Gasteiger charge is -2.17. The lowest BCUT2D eigenvalue weighted by atomic mass is 9.89. The van der Waals surface area contributed by atoms with Crippen molar-refractivity contribution in [2.45, 2.75) is 44.3 Å². The molecule has 0 saturated carbocycles. The molecule has 3 rings (SSSR count). The Morgan fingerprint density at radius 1 is 1.57 bits per heavy atom. The van der Waals surface area contributed by atoms with Gasteiger partial charge < -0.3 is 10.1 Å². The zero-order valence-corrected chi connectivity index (χ0v) is 17.5. The molecule has 2 N–H and O–H groups in total. The fourth-order valence-corrected chi connectivity index (χ4v) is 5.38. The van der Waals surface area contributed by atoms with Gasteiger partial charge in [-0.25, -0.2) is 9.89 Å². The minimum absolute atomic E-state index is 0.110. The first kappa shape index (κ1) is 20.6. The molecule has 0 saturated heterocycles. The molecule has 2 aromatic heterocycles.